The summed E-state index contributed by atoms with van der Waals surface area (Å²) in [5.74, 6) is 0.814. The topological polar surface area (TPSA) is 26.0 Å². The normalized spacial score (nSPS) is 20.5. The Bertz CT molecular complexity index is 328. The maximum absolute atomic E-state index is 5.93. The van der Waals surface area contributed by atoms with Crippen LogP contribution in [0.5, 0.6) is 0 Å². The van der Waals surface area contributed by atoms with Crippen molar-refractivity contribution in [1.82, 2.24) is 0 Å². The highest BCUT2D eigenvalue weighted by atomic mass is 14.6. The average molecular weight is 189 g/mol. The molecule has 1 saturated carbocycles. The lowest BCUT2D eigenvalue weighted by atomic mass is 9.77. The second-order valence-corrected chi connectivity index (χ2v) is 4.77. The zero-order valence-electron chi connectivity index (χ0n) is 9.09. The molecule has 0 spiro atoms. The average Bonchev–Trinajstić information content (AvgIpc) is 3.00. The van der Waals surface area contributed by atoms with Gasteiger partial charge in [-0.05, 0) is 31.2 Å². The molecule has 1 aromatic rings. The second-order valence-electron chi connectivity index (χ2n) is 4.77. The third kappa shape index (κ3) is 1.57. The summed E-state index contributed by atoms with van der Waals surface area (Å²) in [7, 11) is 0. The van der Waals surface area contributed by atoms with Gasteiger partial charge in [0, 0.05) is 12.0 Å². The predicted molar refractivity (Wildman–Crippen MR) is 60.3 cm³/mol. The zero-order valence-corrected chi connectivity index (χ0v) is 9.09. The molecular formula is C13H19N. The first-order chi connectivity index (χ1) is 6.66. The summed E-state index contributed by atoms with van der Waals surface area (Å²) in [6.07, 6.45) is 2.70. The van der Waals surface area contributed by atoms with Gasteiger partial charge < -0.3 is 5.73 Å². The van der Waals surface area contributed by atoms with Crippen molar-refractivity contribution in [2.24, 2.45) is 11.7 Å². The first-order valence-electron chi connectivity index (χ1n) is 5.44. The van der Waals surface area contributed by atoms with Crippen LogP contribution in [0, 0.1) is 12.8 Å². The standard InChI is InChI=1S/C13H19N/c1-10-4-3-5-12(8-10)13(2,9-14)11-6-7-11/h3-5,8,11H,6-7,9,14H2,1-2H3. The summed E-state index contributed by atoms with van der Waals surface area (Å²) in [5.41, 5.74) is 8.90. The van der Waals surface area contributed by atoms with Crippen molar-refractivity contribution < 1.29 is 0 Å². The van der Waals surface area contributed by atoms with Crippen molar-refractivity contribution in [2.75, 3.05) is 6.54 Å². The van der Waals surface area contributed by atoms with Crippen LogP contribution in [0.3, 0.4) is 0 Å². The molecule has 0 bridgehead atoms. The molecule has 1 aliphatic carbocycles. The minimum Gasteiger partial charge on any atom is -0.330 e. The Morgan fingerprint density at radius 3 is 2.64 bits per heavy atom. The summed E-state index contributed by atoms with van der Waals surface area (Å²) >= 11 is 0. The molecule has 1 heteroatoms. The molecule has 2 N–H and O–H groups in total. The van der Waals surface area contributed by atoms with E-state index < -0.39 is 0 Å². The van der Waals surface area contributed by atoms with E-state index in [1.165, 1.54) is 24.0 Å². The molecule has 0 saturated heterocycles. The van der Waals surface area contributed by atoms with Crippen molar-refractivity contribution in [3.63, 3.8) is 0 Å². The van der Waals surface area contributed by atoms with Gasteiger partial charge in [-0.1, -0.05) is 36.8 Å². The van der Waals surface area contributed by atoms with E-state index in [2.05, 4.69) is 38.1 Å². The molecule has 1 fully saturated rings. The van der Waals surface area contributed by atoms with Crippen LogP contribution in [0.15, 0.2) is 24.3 Å². The van der Waals surface area contributed by atoms with Crippen LogP contribution < -0.4 is 5.73 Å². The van der Waals surface area contributed by atoms with Gasteiger partial charge in [-0.15, -0.1) is 0 Å². The zero-order chi connectivity index (χ0) is 10.2. The molecule has 1 atom stereocenters. The highest BCUT2D eigenvalue weighted by molar-refractivity contribution is 5.31. The highest BCUT2D eigenvalue weighted by Crippen LogP contribution is 2.46. The van der Waals surface area contributed by atoms with Crippen LogP contribution in [0.1, 0.15) is 30.9 Å². The smallest absolute Gasteiger partial charge is 0.00756 e. The van der Waals surface area contributed by atoms with Crippen molar-refractivity contribution in [3.05, 3.63) is 35.4 Å². The van der Waals surface area contributed by atoms with Crippen LogP contribution >= 0.6 is 0 Å². The van der Waals surface area contributed by atoms with Gasteiger partial charge in [-0.3, -0.25) is 0 Å². The van der Waals surface area contributed by atoms with E-state index in [0.29, 0.717) is 0 Å². The van der Waals surface area contributed by atoms with Crippen molar-refractivity contribution in [3.8, 4) is 0 Å². The van der Waals surface area contributed by atoms with Gasteiger partial charge in [0.05, 0.1) is 0 Å². The Labute approximate surface area is 86.3 Å². The summed E-state index contributed by atoms with van der Waals surface area (Å²) in [6.45, 7) is 5.22. The first-order valence-corrected chi connectivity index (χ1v) is 5.44. The van der Waals surface area contributed by atoms with Gasteiger partial charge in [0.2, 0.25) is 0 Å². The third-order valence-electron chi connectivity index (χ3n) is 3.58. The van der Waals surface area contributed by atoms with Gasteiger partial charge in [-0.2, -0.15) is 0 Å². The van der Waals surface area contributed by atoms with E-state index in [9.17, 15) is 0 Å². The molecule has 76 valence electrons. The van der Waals surface area contributed by atoms with Crippen molar-refractivity contribution >= 4 is 0 Å². The summed E-state index contributed by atoms with van der Waals surface area (Å²) in [4.78, 5) is 0. The molecule has 1 aromatic carbocycles. The lowest BCUT2D eigenvalue weighted by molar-refractivity contribution is 0.420. The van der Waals surface area contributed by atoms with E-state index in [-0.39, 0.29) is 5.41 Å². The summed E-state index contributed by atoms with van der Waals surface area (Å²) in [6, 6.07) is 8.79. The molecule has 14 heavy (non-hydrogen) atoms. The first kappa shape index (κ1) is 9.72. The number of hydrogen-bond donors (Lipinski definition) is 1. The maximum Gasteiger partial charge on any atom is 0.00756 e. The molecule has 0 heterocycles. The van der Waals surface area contributed by atoms with E-state index >= 15 is 0 Å². The van der Waals surface area contributed by atoms with Gasteiger partial charge >= 0.3 is 0 Å². The number of benzene rings is 1. The Morgan fingerprint density at radius 2 is 2.14 bits per heavy atom. The minimum atomic E-state index is 0.214. The monoisotopic (exact) mass is 189 g/mol. The number of hydrogen-bond acceptors (Lipinski definition) is 1. The fraction of sp³-hybridized carbons (Fsp3) is 0.538. The van der Waals surface area contributed by atoms with Crippen LogP contribution in [0.4, 0.5) is 0 Å². The van der Waals surface area contributed by atoms with Crippen molar-refractivity contribution in [2.45, 2.75) is 32.1 Å². The number of nitrogens with two attached hydrogens (primary N) is 1. The number of aryl methyl sites for hydroxylation is 1. The Kier molecular flexibility index (Phi) is 2.36. The molecular weight excluding hydrogens is 170 g/mol. The fourth-order valence-electron chi connectivity index (χ4n) is 2.24. The van der Waals surface area contributed by atoms with E-state index in [4.69, 9.17) is 5.73 Å². The lowest BCUT2D eigenvalue weighted by Crippen LogP contribution is -2.34. The molecule has 0 amide bonds. The molecule has 0 radical (unpaired) electrons. The van der Waals surface area contributed by atoms with Crippen molar-refractivity contribution in [1.29, 1.82) is 0 Å². The van der Waals surface area contributed by atoms with Crippen LogP contribution in [0.2, 0.25) is 0 Å². The molecule has 1 unspecified atom stereocenters. The van der Waals surface area contributed by atoms with Crippen LogP contribution in [-0.2, 0) is 5.41 Å². The molecule has 2 rings (SSSR count). The predicted octanol–water partition coefficient (Wildman–Crippen LogP) is 2.62. The molecule has 0 aliphatic heterocycles. The Hall–Kier alpha value is -0.820. The number of rotatable bonds is 3. The second kappa shape index (κ2) is 3.39. The quantitative estimate of drug-likeness (QED) is 0.777. The van der Waals surface area contributed by atoms with Gasteiger partial charge in [0.25, 0.3) is 0 Å². The Morgan fingerprint density at radius 1 is 1.43 bits per heavy atom. The van der Waals surface area contributed by atoms with Gasteiger partial charge in [-0.25, -0.2) is 0 Å². The minimum absolute atomic E-state index is 0.214. The Balaban J connectivity index is 2.35. The lowest BCUT2D eigenvalue weighted by Gasteiger charge is -2.29. The van der Waals surface area contributed by atoms with E-state index in [1.807, 2.05) is 0 Å². The molecule has 1 aliphatic rings. The van der Waals surface area contributed by atoms with E-state index in [1.54, 1.807) is 0 Å². The van der Waals surface area contributed by atoms with Gasteiger partial charge in [0.1, 0.15) is 0 Å². The third-order valence-corrected chi connectivity index (χ3v) is 3.58. The van der Waals surface area contributed by atoms with Crippen LogP contribution in [-0.4, -0.2) is 6.54 Å². The maximum atomic E-state index is 5.93. The largest absolute Gasteiger partial charge is 0.330 e. The summed E-state index contributed by atoms with van der Waals surface area (Å²) < 4.78 is 0. The van der Waals surface area contributed by atoms with Crippen LogP contribution in [0.25, 0.3) is 0 Å². The SMILES string of the molecule is Cc1cccc(C(C)(CN)C2CC2)c1. The van der Waals surface area contributed by atoms with Gasteiger partial charge in [0.15, 0.2) is 0 Å². The fourth-order valence-corrected chi connectivity index (χ4v) is 2.24. The van der Waals surface area contributed by atoms with E-state index in [0.717, 1.165) is 12.5 Å². The highest BCUT2D eigenvalue weighted by Gasteiger charge is 2.41. The summed E-state index contributed by atoms with van der Waals surface area (Å²) in [5, 5.41) is 0. The molecule has 1 nitrogen and oxygen atoms in total. The molecule has 0 aromatic heterocycles.